The Labute approximate surface area is 317 Å². The van der Waals surface area contributed by atoms with Gasteiger partial charge in [0.2, 0.25) is 5.91 Å². The first kappa shape index (κ1) is 40.9. The Morgan fingerprint density at radius 1 is 0.870 bits per heavy atom. The maximum Gasteiger partial charge on any atom is 0.407 e. The molecule has 1 spiro atoms. The number of hydrogen-bond donors (Lipinski definition) is 3. The zero-order valence-electron chi connectivity index (χ0n) is 31.4. The minimum atomic E-state index is -1.11. The number of hydrogen-bond acceptors (Lipinski definition) is 9. The summed E-state index contributed by atoms with van der Waals surface area (Å²) in [6, 6.07) is 14.6. The normalized spacial score (nSPS) is 23.5. The van der Waals surface area contributed by atoms with Crippen molar-refractivity contribution in [1.29, 1.82) is 0 Å². The molecule has 1 saturated carbocycles. The second kappa shape index (κ2) is 21.0. The van der Waals surface area contributed by atoms with Gasteiger partial charge < -0.3 is 39.6 Å². The minimum absolute atomic E-state index is 0.0513. The van der Waals surface area contributed by atoms with Crippen molar-refractivity contribution in [2.24, 2.45) is 5.92 Å². The first-order valence-corrected chi connectivity index (χ1v) is 19.6. The summed E-state index contributed by atoms with van der Waals surface area (Å²) in [5.74, 6) is -1.79. The van der Waals surface area contributed by atoms with Gasteiger partial charge in [-0.2, -0.15) is 0 Å². The Morgan fingerprint density at radius 2 is 1.63 bits per heavy atom. The van der Waals surface area contributed by atoms with E-state index in [1.165, 1.54) is 31.4 Å². The maximum absolute atomic E-state index is 13.3. The SMILES string of the molecule is CCOC(=O)[C@H](Cc1ccccc1)NC(=O)CC[C@@H]1C[C@@H](OC(=O)NCCc2ccc(F)cc2)C[C@@]2(CCC[C@H](COC(=O)NCC3CCCCC3)O2)O1. The van der Waals surface area contributed by atoms with Crippen LogP contribution in [0.2, 0.25) is 0 Å². The molecule has 0 bridgehead atoms. The second-order valence-electron chi connectivity index (χ2n) is 14.6. The van der Waals surface area contributed by atoms with Gasteiger partial charge in [0.05, 0.1) is 18.8 Å². The molecule has 5 atom stereocenters. The van der Waals surface area contributed by atoms with E-state index in [0.29, 0.717) is 44.7 Å². The van der Waals surface area contributed by atoms with E-state index in [1.54, 1.807) is 19.1 Å². The number of nitrogens with one attached hydrogen (secondary N) is 3. The predicted octanol–water partition coefficient (Wildman–Crippen LogP) is 6.28. The molecule has 3 fully saturated rings. The summed E-state index contributed by atoms with van der Waals surface area (Å²) in [6.07, 6.45) is 6.95. The van der Waals surface area contributed by atoms with Gasteiger partial charge in [-0.05, 0) is 74.6 Å². The van der Waals surface area contributed by atoms with Gasteiger partial charge in [-0.25, -0.2) is 18.8 Å². The molecule has 12 nitrogen and oxygen atoms in total. The molecule has 2 saturated heterocycles. The maximum atomic E-state index is 13.3. The summed E-state index contributed by atoms with van der Waals surface area (Å²) in [7, 11) is 0. The van der Waals surface area contributed by atoms with Crippen molar-refractivity contribution < 1.29 is 47.3 Å². The van der Waals surface area contributed by atoms with Gasteiger partial charge in [0.15, 0.2) is 5.79 Å². The van der Waals surface area contributed by atoms with E-state index >= 15 is 0 Å². The molecular weight excluding hydrogens is 697 g/mol. The quantitative estimate of drug-likeness (QED) is 0.133. The van der Waals surface area contributed by atoms with Crippen molar-refractivity contribution in [2.75, 3.05) is 26.3 Å². The van der Waals surface area contributed by atoms with E-state index in [1.807, 2.05) is 30.3 Å². The number of amides is 3. The van der Waals surface area contributed by atoms with E-state index in [4.69, 9.17) is 23.7 Å². The molecule has 2 aromatic carbocycles. The Balaban J connectivity index is 1.18. The Morgan fingerprint density at radius 3 is 2.39 bits per heavy atom. The van der Waals surface area contributed by atoms with Crippen molar-refractivity contribution in [1.82, 2.24) is 16.0 Å². The van der Waals surface area contributed by atoms with Gasteiger partial charge >= 0.3 is 18.2 Å². The number of halogens is 1. The minimum Gasteiger partial charge on any atom is -0.464 e. The van der Waals surface area contributed by atoms with Crippen LogP contribution in [-0.4, -0.2) is 80.5 Å². The van der Waals surface area contributed by atoms with Gasteiger partial charge in [-0.15, -0.1) is 0 Å². The number of carbonyl (C=O) groups is 4. The molecule has 13 heteroatoms. The average Bonchev–Trinajstić information content (AvgIpc) is 3.17. The van der Waals surface area contributed by atoms with Gasteiger partial charge in [0.25, 0.3) is 0 Å². The molecule has 3 amide bonds. The van der Waals surface area contributed by atoms with E-state index in [-0.39, 0.29) is 50.6 Å². The number of rotatable bonds is 16. The molecule has 296 valence electrons. The largest absolute Gasteiger partial charge is 0.464 e. The third-order valence-electron chi connectivity index (χ3n) is 10.3. The first-order valence-electron chi connectivity index (χ1n) is 19.6. The summed E-state index contributed by atoms with van der Waals surface area (Å²) in [5.41, 5.74) is 1.76. The van der Waals surface area contributed by atoms with Crippen LogP contribution in [0.3, 0.4) is 0 Å². The molecule has 3 aliphatic rings. The second-order valence-corrected chi connectivity index (χ2v) is 14.6. The molecule has 0 radical (unpaired) electrons. The van der Waals surface area contributed by atoms with E-state index in [2.05, 4.69) is 16.0 Å². The average molecular weight is 754 g/mol. The Bertz CT molecular complexity index is 1490. The molecule has 3 N–H and O–H groups in total. The van der Waals surface area contributed by atoms with Crippen molar-refractivity contribution in [3.05, 3.63) is 71.5 Å². The molecular formula is C41H56FN3O9. The van der Waals surface area contributed by atoms with Crippen molar-refractivity contribution >= 4 is 24.1 Å². The number of benzene rings is 2. The standard InChI is InChI=1S/C41H56FN3O9/c1-2-50-38(47)36(24-30-10-5-3-6-11-30)45-37(46)20-19-33-25-35(52-40(49)43-23-21-29-15-17-32(42)18-16-29)26-41(53-33)22-9-14-34(54-41)28-51-39(48)44-27-31-12-7-4-8-13-31/h3,5-6,10-11,15-18,31,33-36H,2,4,7-9,12-14,19-28H2,1H3,(H,43,49)(H,44,48)(H,45,46)/t33-,34-,35-,36+,41+/m1/s1. The highest BCUT2D eigenvalue weighted by Crippen LogP contribution is 2.41. The van der Waals surface area contributed by atoms with Crippen LogP contribution in [0, 0.1) is 11.7 Å². The topological polar surface area (TPSA) is 151 Å². The van der Waals surface area contributed by atoms with E-state index < -0.39 is 48.3 Å². The lowest BCUT2D eigenvalue weighted by Crippen LogP contribution is -2.54. The molecule has 1 aliphatic carbocycles. The lowest BCUT2D eigenvalue weighted by molar-refractivity contribution is -0.329. The molecule has 2 heterocycles. The first-order chi connectivity index (χ1) is 26.2. The Hall–Kier alpha value is -4.23. The fourth-order valence-corrected chi connectivity index (χ4v) is 7.60. The van der Waals surface area contributed by atoms with Gasteiger partial charge in [0, 0.05) is 45.2 Å². The van der Waals surface area contributed by atoms with Crippen LogP contribution in [0.25, 0.3) is 0 Å². The molecule has 2 aliphatic heterocycles. The highest BCUT2D eigenvalue weighted by atomic mass is 19.1. The van der Waals surface area contributed by atoms with Crippen LogP contribution in [0.15, 0.2) is 54.6 Å². The van der Waals surface area contributed by atoms with Crippen LogP contribution in [-0.2, 0) is 46.1 Å². The molecule has 0 unspecified atom stereocenters. The summed E-state index contributed by atoms with van der Waals surface area (Å²) in [6.45, 7) is 2.87. The zero-order chi connectivity index (χ0) is 38.2. The Kier molecular flexibility index (Phi) is 15.9. The van der Waals surface area contributed by atoms with E-state index in [0.717, 1.165) is 30.4 Å². The molecule has 2 aromatic rings. The lowest BCUT2D eigenvalue weighted by Gasteiger charge is -2.47. The third kappa shape index (κ3) is 13.6. The van der Waals surface area contributed by atoms with Crippen molar-refractivity contribution in [2.45, 2.75) is 127 Å². The number of alkyl carbamates (subject to hydrolysis) is 2. The third-order valence-corrected chi connectivity index (χ3v) is 10.3. The summed E-state index contributed by atoms with van der Waals surface area (Å²) >= 11 is 0. The predicted molar refractivity (Wildman–Crippen MR) is 198 cm³/mol. The highest BCUT2D eigenvalue weighted by Gasteiger charge is 2.47. The van der Waals surface area contributed by atoms with Crippen LogP contribution in [0.4, 0.5) is 14.0 Å². The smallest absolute Gasteiger partial charge is 0.407 e. The summed E-state index contributed by atoms with van der Waals surface area (Å²) in [4.78, 5) is 51.5. The fraction of sp³-hybridized carbons (Fsp3) is 0.610. The van der Waals surface area contributed by atoms with Crippen molar-refractivity contribution in [3.63, 3.8) is 0 Å². The van der Waals surface area contributed by atoms with Crippen LogP contribution in [0.1, 0.15) is 95.1 Å². The van der Waals surface area contributed by atoms with Crippen LogP contribution in [0.5, 0.6) is 0 Å². The van der Waals surface area contributed by atoms with E-state index in [9.17, 15) is 23.6 Å². The molecule has 5 rings (SSSR count). The molecule has 54 heavy (non-hydrogen) atoms. The number of esters is 1. The summed E-state index contributed by atoms with van der Waals surface area (Å²) < 4.78 is 43.1. The fourth-order valence-electron chi connectivity index (χ4n) is 7.60. The summed E-state index contributed by atoms with van der Waals surface area (Å²) in [5, 5.41) is 8.52. The van der Waals surface area contributed by atoms with Gasteiger partial charge in [0.1, 0.15) is 24.6 Å². The van der Waals surface area contributed by atoms with Crippen molar-refractivity contribution in [3.8, 4) is 0 Å². The molecule has 0 aromatic heterocycles. The van der Waals surface area contributed by atoms with Crippen LogP contribution >= 0.6 is 0 Å². The van der Waals surface area contributed by atoms with Gasteiger partial charge in [-0.1, -0.05) is 61.7 Å². The number of ether oxygens (including phenoxy) is 5. The zero-order valence-corrected chi connectivity index (χ0v) is 31.4. The number of carbonyl (C=O) groups excluding carboxylic acids is 4. The highest BCUT2D eigenvalue weighted by molar-refractivity contribution is 5.84. The van der Waals surface area contributed by atoms with Gasteiger partial charge in [-0.3, -0.25) is 4.79 Å². The lowest BCUT2D eigenvalue weighted by atomic mass is 9.89. The van der Waals surface area contributed by atoms with Crippen LogP contribution < -0.4 is 16.0 Å². The monoisotopic (exact) mass is 753 g/mol.